The fraction of sp³-hybridized carbons (Fsp3) is 1.00. The van der Waals surface area contributed by atoms with Crippen LogP contribution < -0.4 is 5.32 Å². The molecule has 0 amide bonds. The summed E-state index contributed by atoms with van der Waals surface area (Å²) in [6, 6.07) is 0.755. The molecule has 3 fully saturated rings. The molecule has 3 aliphatic rings. The van der Waals surface area contributed by atoms with Crippen molar-refractivity contribution in [3.05, 3.63) is 0 Å². The smallest absolute Gasteiger partial charge is 0.0661 e. The van der Waals surface area contributed by atoms with Crippen molar-refractivity contribution >= 4 is 0 Å². The van der Waals surface area contributed by atoms with Crippen LogP contribution in [0.3, 0.4) is 0 Å². The lowest BCUT2D eigenvalue weighted by molar-refractivity contribution is -0.134. The Morgan fingerprint density at radius 3 is 2.67 bits per heavy atom. The number of nitrogens with one attached hydrogen (secondary N) is 1. The van der Waals surface area contributed by atoms with Crippen LogP contribution in [0, 0.1) is 11.3 Å². The molecule has 3 aliphatic carbocycles. The summed E-state index contributed by atoms with van der Waals surface area (Å²) in [5, 5.41) is 3.76. The van der Waals surface area contributed by atoms with Gasteiger partial charge in [0.1, 0.15) is 0 Å². The molecule has 3 saturated carbocycles. The first-order chi connectivity index (χ1) is 8.85. The Bertz CT molecular complexity index is 268. The van der Waals surface area contributed by atoms with Gasteiger partial charge in [-0.25, -0.2) is 0 Å². The molecule has 1 spiro atoms. The molecule has 2 nitrogen and oxygen atoms in total. The predicted molar refractivity (Wildman–Crippen MR) is 74.7 cm³/mol. The number of hydrogen-bond acceptors (Lipinski definition) is 2. The third kappa shape index (κ3) is 2.46. The second-order valence-electron chi connectivity index (χ2n) is 6.77. The second-order valence-corrected chi connectivity index (χ2v) is 6.77. The summed E-state index contributed by atoms with van der Waals surface area (Å²) in [5.74, 6) is 1.01. The Kier molecular flexibility index (Phi) is 3.95. The maximum atomic E-state index is 6.24. The summed E-state index contributed by atoms with van der Waals surface area (Å²) in [4.78, 5) is 0. The number of rotatable bonds is 7. The Morgan fingerprint density at radius 1 is 1.22 bits per heavy atom. The molecular weight excluding hydrogens is 222 g/mol. The van der Waals surface area contributed by atoms with E-state index in [-0.39, 0.29) is 0 Å². The van der Waals surface area contributed by atoms with Gasteiger partial charge in [0, 0.05) is 18.1 Å². The Labute approximate surface area is 112 Å². The third-order valence-electron chi connectivity index (χ3n) is 5.50. The minimum atomic E-state index is 0.527. The quantitative estimate of drug-likeness (QED) is 0.747. The van der Waals surface area contributed by atoms with Crippen molar-refractivity contribution in [1.82, 2.24) is 5.32 Å². The SMILES string of the molecule is CCCNC1CC(OCCC2CC2)C12CCCC2. The van der Waals surface area contributed by atoms with Gasteiger partial charge in [-0.3, -0.25) is 0 Å². The average molecular weight is 251 g/mol. The summed E-state index contributed by atoms with van der Waals surface area (Å²) in [5.41, 5.74) is 0.527. The van der Waals surface area contributed by atoms with Gasteiger partial charge in [0.05, 0.1) is 6.10 Å². The van der Waals surface area contributed by atoms with E-state index in [0.717, 1.165) is 18.6 Å². The largest absolute Gasteiger partial charge is 0.378 e. The van der Waals surface area contributed by atoms with Crippen LogP contribution in [-0.2, 0) is 4.74 Å². The molecule has 0 saturated heterocycles. The highest BCUT2D eigenvalue weighted by Gasteiger charge is 2.56. The molecular formula is C16H29NO. The fourth-order valence-electron chi connectivity index (χ4n) is 4.07. The van der Waals surface area contributed by atoms with Crippen LogP contribution in [0.4, 0.5) is 0 Å². The number of ether oxygens (including phenoxy) is 1. The van der Waals surface area contributed by atoms with E-state index in [9.17, 15) is 0 Å². The van der Waals surface area contributed by atoms with Crippen LogP contribution in [0.1, 0.15) is 64.7 Å². The molecule has 3 rings (SSSR count). The van der Waals surface area contributed by atoms with E-state index in [4.69, 9.17) is 4.74 Å². The lowest BCUT2D eigenvalue weighted by atomic mass is 9.60. The molecule has 0 aromatic heterocycles. The molecule has 1 N–H and O–H groups in total. The summed E-state index contributed by atoms with van der Waals surface area (Å²) in [6.07, 6.45) is 13.0. The van der Waals surface area contributed by atoms with E-state index in [1.54, 1.807) is 0 Å². The highest BCUT2D eigenvalue weighted by molar-refractivity contribution is 5.09. The molecule has 0 heterocycles. The first-order valence-corrected chi connectivity index (χ1v) is 8.20. The summed E-state index contributed by atoms with van der Waals surface area (Å²) < 4.78 is 6.24. The molecule has 18 heavy (non-hydrogen) atoms. The molecule has 2 heteroatoms. The second kappa shape index (κ2) is 5.50. The van der Waals surface area contributed by atoms with Gasteiger partial charge in [0.15, 0.2) is 0 Å². The van der Waals surface area contributed by atoms with E-state index in [2.05, 4.69) is 12.2 Å². The van der Waals surface area contributed by atoms with Gasteiger partial charge in [-0.05, 0) is 44.6 Å². The molecule has 2 atom stereocenters. The van der Waals surface area contributed by atoms with Gasteiger partial charge in [-0.2, -0.15) is 0 Å². The monoisotopic (exact) mass is 251 g/mol. The third-order valence-corrected chi connectivity index (χ3v) is 5.50. The van der Waals surface area contributed by atoms with Gasteiger partial charge < -0.3 is 10.1 Å². The zero-order valence-corrected chi connectivity index (χ0v) is 11.9. The zero-order chi connectivity index (χ0) is 12.4. The molecule has 2 unspecified atom stereocenters. The molecule has 0 aliphatic heterocycles. The molecule has 0 aromatic rings. The molecule has 0 bridgehead atoms. The van der Waals surface area contributed by atoms with Crippen molar-refractivity contribution in [1.29, 1.82) is 0 Å². The van der Waals surface area contributed by atoms with Crippen LogP contribution in [0.5, 0.6) is 0 Å². The maximum Gasteiger partial charge on any atom is 0.0661 e. The lowest BCUT2D eigenvalue weighted by Gasteiger charge is -2.54. The van der Waals surface area contributed by atoms with Crippen molar-refractivity contribution in [2.45, 2.75) is 76.9 Å². The molecule has 0 aromatic carbocycles. The van der Waals surface area contributed by atoms with Gasteiger partial charge in [0.25, 0.3) is 0 Å². The first kappa shape index (κ1) is 12.9. The summed E-state index contributed by atoms with van der Waals surface area (Å²) in [6.45, 7) is 4.47. The van der Waals surface area contributed by atoms with Gasteiger partial charge >= 0.3 is 0 Å². The van der Waals surface area contributed by atoms with E-state index in [1.807, 2.05) is 0 Å². The van der Waals surface area contributed by atoms with Gasteiger partial charge in [-0.1, -0.05) is 32.6 Å². The Hall–Kier alpha value is -0.0800. The highest BCUT2D eigenvalue weighted by atomic mass is 16.5. The maximum absolute atomic E-state index is 6.24. The van der Waals surface area contributed by atoms with E-state index in [1.165, 1.54) is 64.3 Å². The average Bonchev–Trinajstić information content (AvgIpc) is 3.04. The van der Waals surface area contributed by atoms with Crippen molar-refractivity contribution < 1.29 is 4.74 Å². The normalized spacial score (nSPS) is 33.8. The Morgan fingerprint density at radius 2 is 2.00 bits per heavy atom. The first-order valence-electron chi connectivity index (χ1n) is 8.20. The topological polar surface area (TPSA) is 21.3 Å². The number of hydrogen-bond donors (Lipinski definition) is 1. The standard InChI is InChI=1S/C16H29NO/c1-2-10-17-14-12-15(16(14)8-3-4-9-16)18-11-7-13-5-6-13/h13-15,17H,2-12H2,1H3. The summed E-state index contributed by atoms with van der Waals surface area (Å²) >= 11 is 0. The van der Waals surface area contributed by atoms with Crippen molar-refractivity contribution in [2.24, 2.45) is 11.3 Å². The van der Waals surface area contributed by atoms with Crippen molar-refractivity contribution in [3.63, 3.8) is 0 Å². The van der Waals surface area contributed by atoms with E-state index >= 15 is 0 Å². The van der Waals surface area contributed by atoms with Gasteiger partial charge in [0.2, 0.25) is 0 Å². The Balaban J connectivity index is 1.48. The highest BCUT2D eigenvalue weighted by Crippen LogP contribution is 2.54. The molecule has 104 valence electrons. The summed E-state index contributed by atoms with van der Waals surface area (Å²) in [7, 11) is 0. The fourth-order valence-corrected chi connectivity index (χ4v) is 4.07. The molecule has 0 radical (unpaired) electrons. The minimum Gasteiger partial charge on any atom is -0.378 e. The van der Waals surface area contributed by atoms with E-state index < -0.39 is 0 Å². The lowest BCUT2D eigenvalue weighted by Crippen LogP contribution is -2.62. The van der Waals surface area contributed by atoms with Gasteiger partial charge in [-0.15, -0.1) is 0 Å². The van der Waals surface area contributed by atoms with Crippen LogP contribution in [0.2, 0.25) is 0 Å². The van der Waals surface area contributed by atoms with Crippen molar-refractivity contribution in [2.75, 3.05) is 13.2 Å². The zero-order valence-electron chi connectivity index (χ0n) is 11.9. The van der Waals surface area contributed by atoms with Crippen LogP contribution in [0.15, 0.2) is 0 Å². The van der Waals surface area contributed by atoms with E-state index in [0.29, 0.717) is 11.5 Å². The van der Waals surface area contributed by atoms with Crippen molar-refractivity contribution in [3.8, 4) is 0 Å². The van der Waals surface area contributed by atoms with Crippen LogP contribution in [0.25, 0.3) is 0 Å². The predicted octanol–water partition coefficient (Wildman–Crippen LogP) is 3.50. The minimum absolute atomic E-state index is 0.527. The van der Waals surface area contributed by atoms with Crippen LogP contribution >= 0.6 is 0 Å². The van der Waals surface area contributed by atoms with Crippen LogP contribution in [-0.4, -0.2) is 25.3 Å².